The number of benzene rings is 3. The van der Waals surface area contributed by atoms with Crippen LogP contribution in [-0.4, -0.2) is 73.3 Å². The number of morpholine rings is 1. The Kier molecular flexibility index (Phi) is 6.15. The number of phenolic OH excluding ortho intramolecular Hbond substituents is 1. The van der Waals surface area contributed by atoms with E-state index in [1.807, 2.05) is 36.4 Å². The van der Waals surface area contributed by atoms with Gasteiger partial charge in [-0.15, -0.1) is 0 Å². The molecule has 172 valence electrons. The van der Waals surface area contributed by atoms with E-state index in [0.717, 1.165) is 29.4 Å². The second kappa shape index (κ2) is 9.37. The SMILES string of the molecule is O=C(c1cc2ccccc2c(CN2CCN(c3ccccc3F)CC2)c1O)N1CCOCC1. The molecule has 2 aliphatic rings. The number of fused-ring (bicyclic) bond motifs is 1. The molecule has 0 atom stereocenters. The van der Waals surface area contributed by atoms with Crippen molar-refractivity contribution in [2.24, 2.45) is 0 Å². The minimum Gasteiger partial charge on any atom is -0.507 e. The summed E-state index contributed by atoms with van der Waals surface area (Å²) in [7, 11) is 0. The Morgan fingerprint density at radius 1 is 0.939 bits per heavy atom. The number of anilines is 1. The van der Waals surface area contributed by atoms with Gasteiger partial charge in [0.05, 0.1) is 24.5 Å². The summed E-state index contributed by atoms with van der Waals surface area (Å²) in [5.74, 6) is -0.308. The van der Waals surface area contributed by atoms with Gasteiger partial charge in [-0.2, -0.15) is 0 Å². The zero-order chi connectivity index (χ0) is 22.8. The number of halogens is 1. The first kappa shape index (κ1) is 21.7. The van der Waals surface area contributed by atoms with Crippen LogP contribution < -0.4 is 4.90 Å². The van der Waals surface area contributed by atoms with Gasteiger partial charge in [-0.3, -0.25) is 9.69 Å². The highest BCUT2D eigenvalue weighted by Gasteiger charge is 2.26. The number of phenols is 1. The second-order valence-corrected chi connectivity index (χ2v) is 8.59. The van der Waals surface area contributed by atoms with E-state index in [-0.39, 0.29) is 17.5 Å². The number of piperazine rings is 1. The fourth-order valence-corrected chi connectivity index (χ4v) is 4.75. The van der Waals surface area contributed by atoms with Gasteiger partial charge in [-0.05, 0) is 29.0 Å². The smallest absolute Gasteiger partial charge is 0.257 e. The van der Waals surface area contributed by atoms with Gasteiger partial charge in [-0.1, -0.05) is 36.4 Å². The van der Waals surface area contributed by atoms with Crippen LogP contribution in [0.5, 0.6) is 5.75 Å². The molecule has 0 bridgehead atoms. The van der Waals surface area contributed by atoms with E-state index in [0.29, 0.717) is 57.2 Å². The summed E-state index contributed by atoms with van der Waals surface area (Å²) in [6, 6.07) is 16.5. The van der Waals surface area contributed by atoms with Crippen molar-refractivity contribution in [1.29, 1.82) is 0 Å². The molecule has 0 aromatic heterocycles. The van der Waals surface area contributed by atoms with Gasteiger partial charge in [0.25, 0.3) is 5.91 Å². The average Bonchev–Trinajstić information content (AvgIpc) is 2.86. The quantitative estimate of drug-likeness (QED) is 0.661. The van der Waals surface area contributed by atoms with Crippen LogP contribution >= 0.6 is 0 Å². The first-order chi connectivity index (χ1) is 16.1. The van der Waals surface area contributed by atoms with Crippen molar-refractivity contribution in [3.8, 4) is 5.75 Å². The molecule has 7 heteroatoms. The topological polar surface area (TPSA) is 56.2 Å². The molecule has 6 nitrogen and oxygen atoms in total. The van der Waals surface area contributed by atoms with Crippen molar-refractivity contribution in [2.45, 2.75) is 6.54 Å². The number of hydrogen-bond acceptors (Lipinski definition) is 5. The van der Waals surface area contributed by atoms with E-state index < -0.39 is 0 Å². The lowest BCUT2D eigenvalue weighted by molar-refractivity contribution is 0.0301. The maximum atomic E-state index is 14.2. The van der Waals surface area contributed by atoms with Crippen molar-refractivity contribution in [2.75, 3.05) is 57.4 Å². The molecule has 2 fully saturated rings. The summed E-state index contributed by atoms with van der Waals surface area (Å²) in [5.41, 5.74) is 1.74. The standard InChI is InChI=1S/C26H28FN3O3/c27-23-7-3-4-8-24(23)29-11-9-28(10-12-29)18-22-20-6-2-1-5-19(20)17-21(25(22)31)26(32)30-13-15-33-16-14-30/h1-8,17,31H,9-16,18H2. The van der Waals surface area contributed by atoms with Crippen LogP contribution in [-0.2, 0) is 11.3 Å². The van der Waals surface area contributed by atoms with Crippen LogP contribution in [0.1, 0.15) is 15.9 Å². The Morgan fingerprint density at radius 2 is 1.64 bits per heavy atom. The van der Waals surface area contributed by atoms with Crippen molar-refractivity contribution in [3.63, 3.8) is 0 Å². The molecule has 3 aromatic carbocycles. The van der Waals surface area contributed by atoms with Gasteiger partial charge in [0.1, 0.15) is 11.6 Å². The molecule has 0 saturated carbocycles. The first-order valence-corrected chi connectivity index (χ1v) is 11.4. The number of carbonyl (C=O) groups excluding carboxylic acids is 1. The van der Waals surface area contributed by atoms with Crippen LogP contribution in [0.4, 0.5) is 10.1 Å². The van der Waals surface area contributed by atoms with Crippen LogP contribution in [0.2, 0.25) is 0 Å². The molecule has 2 heterocycles. The summed E-state index contributed by atoms with van der Waals surface area (Å²) >= 11 is 0. The maximum Gasteiger partial charge on any atom is 0.257 e. The summed E-state index contributed by atoms with van der Waals surface area (Å²) in [4.78, 5) is 19.2. The molecule has 2 aliphatic heterocycles. The maximum absolute atomic E-state index is 14.2. The molecule has 3 aromatic rings. The first-order valence-electron chi connectivity index (χ1n) is 11.4. The van der Waals surface area contributed by atoms with Crippen LogP contribution in [0, 0.1) is 5.82 Å². The van der Waals surface area contributed by atoms with Gasteiger partial charge >= 0.3 is 0 Å². The molecule has 5 rings (SSSR count). The molecule has 0 radical (unpaired) electrons. The summed E-state index contributed by atoms with van der Waals surface area (Å²) in [6.07, 6.45) is 0. The molecule has 0 aliphatic carbocycles. The Bertz CT molecular complexity index is 1150. The van der Waals surface area contributed by atoms with Crippen molar-refractivity contribution in [1.82, 2.24) is 9.80 Å². The lowest BCUT2D eigenvalue weighted by atomic mass is 9.97. The van der Waals surface area contributed by atoms with Crippen LogP contribution in [0.15, 0.2) is 54.6 Å². The number of para-hydroxylation sites is 1. The fraction of sp³-hybridized carbons (Fsp3) is 0.346. The number of rotatable bonds is 4. The third-order valence-electron chi connectivity index (χ3n) is 6.60. The van der Waals surface area contributed by atoms with E-state index in [1.165, 1.54) is 6.07 Å². The molecule has 2 saturated heterocycles. The Hall–Kier alpha value is -3.16. The zero-order valence-electron chi connectivity index (χ0n) is 18.5. The summed E-state index contributed by atoms with van der Waals surface area (Å²) in [6.45, 7) is 5.49. The van der Waals surface area contributed by atoms with Crippen molar-refractivity contribution < 1.29 is 19.0 Å². The average molecular weight is 450 g/mol. The third kappa shape index (κ3) is 4.38. The molecule has 1 N–H and O–H groups in total. The molecular weight excluding hydrogens is 421 g/mol. The van der Waals surface area contributed by atoms with Gasteiger partial charge in [0, 0.05) is 51.4 Å². The number of ether oxygens (including phenoxy) is 1. The van der Waals surface area contributed by atoms with Gasteiger partial charge in [-0.25, -0.2) is 4.39 Å². The number of hydrogen-bond donors (Lipinski definition) is 1. The van der Waals surface area contributed by atoms with Crippen molar-refractivity contribution >= 4 is 22.4 Å². The zero-order valence-corrected chi connectivity index (χ0v) is 18.5. The molecule has 0 spiro atoms. The number of amides is 1. The van der Waals surface area contributed by atoms with Crippen LogP contribution in [0.25, 0.3) is 10.8 Å². The number of carbonyl (C=O) groups is 1. The van der Waals surface area contributed by atoms with E-state index in [4.69, 9.17) is 4.74 Å². The lowest BCUT2D eigenvalue weighted by Crippen LogP contribution is -2.46. The highest BCUT2D eigenvalue weighted by molar-refractivity contribution is 6.03. The minimum atomic E-state index is -0.205. The second-order valence-electron chi connectivity index (χ2n) is 8.59. The highest BCUT2D eigenvalue weighted by atomic mass is 19.1. The summed E-state index contributed by atoms with van der Waals surface area (Å²) in [5, 5.41) is 13.1. The number of nitrogens with zero attached hydrogens (tertiary/aromatic N) is 3. The molecular formula is C26H28FN3O3. The van der Waals surface area contributed by atoms with Gasteiger partial charge in [0.15, 0.2) is 0 Å². The van der Waals surface area contributed by atoms with E-state index in [2.05, 4.69) is 9.80 Å². The summed E-state index contributed by atoms with van der Waals surface area (Å²) < 4.78 is 19.6. The number of aromatic hydroxyl groups is 1. The normalized spacial score (nSPS) is 17.5. The predicted molar refractivity (Wildman–Crippen MR) is 126 cm³/mol. The molecule has 33 heavy (non-hydrogen) atoms. The van der Waals surface area contributed by atoms with Crippen molar-refractivity contribution in [3.05, 3.63) is 71.5 Å². The predicted octanol–water partition coefficient (Wildman–Crippen LogP) is 3.48. The van der Waals surface area contributed by atoms with E-state index in [1.54, 1.807) is 17.0 Å². The van der Waals surface area contributed by atoms with E-state index in [9.17, 15) is 14.3 Å². The van der Waals surface area contributed by atoms with Gasteiger partial charge in [0.2, 0.25) is 0 Å². The highest BCUT2D eigenvalue weighted by Crippen LogP contribution is 2.34. The Balaban J connectivity index is 1.39. The molecule has 1 amide bonds. The third-order valence-corrected chi connectivity index (χ3v) is 6.60. The fourth-order valence-electron chi connectivity index (χ4n) is 4.75. The molecule has 0 unspecified atom stereocenters. The van der Waals surface area contributed by atoms with Gasteiger partial charge < -0.3 is 19.6 Å². The van der Waals surface area contributed by atoms with Crippen LogP contribution in [0.3, 0.4) is 0 Å². The largest absolute Gasteiger partial charge is 0.507 e. The Morgan fingerprint density at radius 3 is 2.39 bits per heavy atom. The monoisotopic (exact) mass is 449 g/mol. The minimum absolute atomic E-state index is 0.0572. The Labute approximate surface area is 192 Å². The lowest BCUT2D eigenvalue weighted by Gasteiger charge is -2.36. The van der Waals surface area contributed by atoms with E-state index >= 15 is 0 Å².